The second kappa shape index (κ2) is 9.70. The van der Waals surface area contributed by atoms with Crippen LogP contribution < -0.4 is 4.74 Å². The Kier molecular flexibility index (Phi) is 6.73. The number of nitrogens with zero attached hydrogens (tertiary/aromatic N) is 4. The van der Waals surface area contributed by atoms with E-state index in [0.29, 0.717) is 50.3 Å². The Labute approximate surface area is 187 Å². The zero-order valence-electron chi connectivity index (χ0n) is 17.7. The fraction of sp³-hybridized carbons (Fsp3) is 0.348. The second-order valence-corrected chi connectivity index (χ2v) is 7.74. The summed E-state index contributed by atoms with van der Waals surface area (Å²) in [6.07, 6.45) is -1.38. The van der Waals surface area contributed by atoms with E-state index >= 15 is 0 Å². The zero-order chi connectivity index (χ0) is 23.4. The maximum atomic E-state index is 13.7. The average molecular weight is 462 g/mol. The maximum Gasteiger partial charge on any atom is 0.434 e. The summed E-state index contributed by atoms with van der Waals surface area (Å²) in [5, 5.41) is 0.378. The molecule has 174 valence electrons. The molecule has 0 saturated carbocycles. The number of benzene rings is 1. The lowest BCUT2D eigenvalue weighted by molar-refractivity contribution is -0.141. The SMILES string of the molecule is O=C(c1cc2cnccc2nc1C(F)(F)F)N1CCCN(CCOc2ccc(F)cc2)CC1. The minimum Gasteiger partial charge on any atom is -0.492 e. The first kappa shape index (κ1) is 22.9. The summed E-state index contributed by atoms with van der Waals surface area (Å²) in [6.45, 7) is 2.77. The third-order valence-electron chi connectivity index (χ3n) is 5.48. The number of halogens is 4. The lowest BCUT2D eigenvalue weighted by Gasteiger charge is -2.23. The van der Waals surface area contributed by atoms with E-state index in [1.807, 2.05) is 0 Å². The van der Waals surface area contributed by atoms with Gasteiger partial charge in [0.1, 0.15) is 18.2 Å². The summed E-state index contributed by atoms with van der Waals surface area (Å²) in [5.74, 6) is -0.475. The van der Waals surface area contributed by atoms with Crippen LogP contribution in [0.15, 0.2) is 48.8 Å². The molecule has 0 spiro atoms. The number of carbonyl (C=O) groups is 1. The molecule has 1 fully saturated rings. The molecular weight excluding hydrogens is 440 g/mol. The van der Waals surface area contributed by atoms with E-state index in [-0.39, 0.29) is 17.9 Å². The predicted octanol–water partition coefficient (Wildman–Crippen LogP) is 4.01. The summed E-state index contributed by atoms with van der Waals surface area (Å²) < 4.78 is 59.6. The molecule has 1 amide bonds. The Morgan fingerprint density at radius 1 is 1.06 bits per heavy atom. The second-order valence-electron chi connectivity index (χ2n) is 7.74. The van der Waals surface area contributed by atoms with Gasteiger partial charge in [0.25, 0.3) is 5.91 Å². The fourth-order valence-corrected chi connectivity index (χ4v) is 3.79. The van der Waals surface area contributed by atoms with E-state index in [9.17, 15) is 22.4 Å². The number of pyridine rings is 2. The lowest BCUT2D eigenvalue weighted by atomic mass is 10.1. The van der Waals surface area contributed by atoms with E-state index < -0.39 is 23.3 Å². The molecule has 3 heterocycles. The molecule has 1 aliphatic heterocycles. The average Bonchev–Trinajstić information content (AvgIpc) is 3.04. The van der Waals surface area contributed by atoms with Crippen LogP contribution in [0, 0.1) is 5.82 Å². The third kappa shape index (κ3) is 5.57. The lowest BCUT2D eigenvalue weighted by Crippen LogP contribution is -2.37. The highest BCUT2D eigenvalue weighted by molar-refractivity contribution is 5.98. The molecular formula is C23H22F4N4O2. The summed E-state index contributed by atoms with van der Waals surface area (Å²) in [7, 11) is 0. The number of hydrogen-bond donors (Lipinski definition) is 0. The first-order valence-corrected chi connectivity index (χ1v) is 10.5. The van der Waals surface area contributed by atoms with Crippen molar-refractivity contribution >= 4 is 16.8 Å². The van der Waals surface area contributed by atoms with Gasteiger partial charge in [-0.3, -0.25) is 14.7 Å². The number of carbonyl (C=O) groups excluding carboxylic acids is 1. The first-order valence-electron chi connectivity index (χ1n) is 10.5. The first-order chi connectivity index (χ1) is 15.8. The third-order valence-corrected chi connectivity index (χ3v) is 5.48. The Balaban J connectivity index is 1.42. The number of alkyl halides is 3. The zero-order valence-corrected chi connectivity index (χ0v) is 17.7. The van der Waals surface area contributed by atoms with Crippen LogP contribution in [0.2, 0.25) is 0 Å². The van der Waals surface area contributed by atoms with Crippen molar-refractivity contribution in [3.05, 3.63) is 65.9 Å². The van der Waals surface area contributed by atoms with Gasteiger partial charge in [0.05, 0.1) is 11.1 Å². The number of rotatable bonds is 5. The molecule has 0 aliphatic carbocycles. The van der Waals surface area contributed by atoms with Gasteiger partial charge in [-0.2, -0.15) is 13.2 Å². The van der Waals surface area contributed by atoms with Gasteiger partial charge in [-0.15, -0.1) is 0 Å². The van der Waals surface area contributed by atoms with Gasteiger partial charge in [0.2, 0.25) is 0 Å². The van der Waals surface area contributed by atoms with Crippen LogP contribution in [0.1, 0.15) is 22.5 Å². The van der Waals surface area contributed by atoms with Crippen molar-refractivity contribution in [3.63, 3.8) is 0 Å². The monoisotopic (exact) mass is 462 g/mol. The minimum atomic E-state index is -4.75. The summed E-state index contributed by atoms with van der Waals surface area (Å²) >= 11 is 0. The van der Waals surface area contributed by atoms with Crippen molar-refractivity contribution in [2.45, 2.75) is 12.6 Å². The molecule has 0 bridgehead atoms. The minimum absolute atomic E-state index is 0.136. The molecule has 3 aromatic rings. The molecule has 4 rings (SSSR count). The van der Waals surface area contributed by atoms with Crippen molar-refractivity contribution < 1.29 is 27.1 Å². The van der Waals surface area contributed by atoms with Gasteiger partial charge in [0.15, 0.2) is 5.69 Å². The van der Waals surface area contributed by atoms with Crippen molar-refractivity contribution in [3.8, 4) is 5.75 Å². The predicted molar refractivity (Wildman–Crippen MR) is 113 cm³/mol. The molecule has 10 heteroatoms. The van der Waals surface area contributed by atoms with Crippen LogP contribution in [-0.4, -0.2) is 65.0 Å². The van der Waals surface area contributed by atoms with Gasteiger partial charge in [-0.25, -0.2) is 9.37 Å². The van der Waals surface area contributed by atoms with Crippen LogP contribution in [0.25, 0.3) is 10.9 Å². The molecule has 33 heavy (non-hydrogen) atoms. The Hall–Kier alpha value is -3.27. The van der Waals surface area contributed by atoms with Crippen LogP contribution in [0.4, 0.5) is 17.6 Å². The van der Waals surface area contributed by atoms with Crippen molar-refractivity contribution in [2.24, 2.45) is 0 Å². The highest BCUT2D eigenvalue weighted by atomic mass is 19.4. The van der Waals surface area contributed by atoms with E-state index in [1.165, 1.54) is 41.6 Å². The Morgan fingerprint density at radius 3 is 2.61 bits per heavy atom. The smallest absolute Gasteiger partial charge is 0.434 e. The molecule has 1 saturated heterocycles. The number of amides is 1. The van der Waals surface area contributed by atoms with E-state index in [2.05, 4.69) is 14.9 Å². The van der Waals surface area contributed by atoms with Crippen LogP contribution in [0.3, 0.4) is 0 Å². The topological polar surface area (TPSA) is 58.6 Å². The van der Waals surface area contributed by atoms with Crippen molar-refractivity contribution in [1.29, 1.82) is 0 Å². The molecule has 0 unspecified atom stereocenters. The number of fused-ring (bicyclic) bond motifs is 1. The van der Waals surface area contributed by atoms with Gasteiger partial charge in [-0.1, -0.05) is 0 Å². The molecule has 0 N–H and O–H groups in total. The van der Waals surface area contributed by atoms with Gasteiger partial charge in [0, 0.05) is 50.5 Å². The molecule has 0 radical (unpaired) electrons. The highest BCUT2D eigenvalue weighted by Crippen LogP contribution is 2.33. The normalized spacial score (nSPS) is 15.5. The maximum absolute atomic E-state index is 13.7. The summed E-state index contributed by atoms with van der Waals surface area (Å²) in [6, 6.07) is 8.33. The molecule has 6 nitrogen and oxygen atoms in total. The standard InChI is InChI=1S/C23H22F4N4O2/c24-17-2-4-18(5-3-17)33-13-12-30-8-1-9-31(11-10-30)22(32)19-14-16-15-28-7-6-20(16)29-21(19)23(25,26)27/h2-7,14-15H,1,8-13H2. The molecule has 0 atom stereocenters. The molecule has 1 aliphatic rings. The van der Waals surface area contributed by atoms with E-state index in [0.717, 1.165) is 0 Å². The van der Waals surface area contributed by atoms with Crippen molar-refractivity contribution in [1.82, 2.24) is 19.8 Å². The largest absolute Gasteiger partial charge is 0.492 e. The number of hydrogen-bond acceptors (Lipinski definition) is 5. The van der Waals surface area contributed by atoms with Crippen LogP contribution in [0.5, 0.6) is 5.75 Å². The Bertz CT molecular complexity index is 1120. The highest BCUT2D eigenvalue weighted by Gasteiger charge is 2.38. The van der Waals surface area contributed by atoms with Crippen LogP contribution >= 0.6 is 0 Å². The Morgan fingerprint density at radius 2 is 1.85 bits per heavy atom. The number of ether oxygens (including phenoxy) is 1. The van der Waals surface area contributed by atoms with E-state index in [1.54, 1.807) is 12.1 Å². The van der Waals surface area contributed by atoms with Gasteiger partial charge in [-0.05, 0) is 42.8 Å². The van der Waals surface area contributed by atoms with Gasteiger partial charge < -0.3 is 9.64 Å². The van der Waals surface area contributed by atoms with Gasteiger partial charge >= 0.3 is 6.18 Å². The number of aromatic nitrogens is 2. The fourth-order valence-electron chi connectivity index (χ4n) is 3.79. The summed E-state index contributed by atoms with van der Waals surface area (Å²) in [4.78, 5) is 24.2. The molecule has 1 aromatic carbocycles. The van der Waals surface area contributed by atoms with Crippen molar-refractivity contribution in [2.75, 3.05) is 39.3 Å². The molecule has 2 aromatic heterocycles. The quantitative estimate of drug-likeness (QED) is 0.537. The van der Waals surface area contributed by atoms with E-state index in [4.69, 9.17) is 4.74 Å². The summed E-state index contributed by atoms with van der Waals surface area (Å²) in [5.41, 5.74) is -1.51. The van der Waals surface area contributed by atoms with Crippen LogP contribution in [-0.2, 0) is 6.18 Å².